The van der Waals surface area contributed by atoms with Crippen molar-refractivity contribution in [2.75, 3.05) is 0 Å². The van der Waals surface area contributed by atoms with Gasteiger partial charge in [-0.3, -0.25) is 0 Å². The molecule has 1 N–H and O–H groups in total. The number of rotatable bonds is 3. The molecular weight excluding hydrogens is 350 g/mol. The Labute approximate surface area is 134 Å². The van der Waals surface area contributed by atoms with Crippen molar-refractivity contribution in [2.24, 2.45) is 0 Å². The van der Waals surface area contributed by atoms with E-state index in [0.29, 0.717) is 10.7 Å². The molecule has 0 fully saturated rings. The van der Waals surface area contributed by atoms with E-state index in [1.165, 1.54) is 11.3 Å². The average molecular weight is 360 g/mol. The van der Waals surface area contributed by atoms with Gasteiger partial charge in [-0.25, -0.2) is 9.78 Å². The first-order chi connectivity index (χ1) is 10.2. The maximum absolute atomic E-state index is 11.5. The maximum atomic E-state index is 11.5. The standard InChI is InChI=1S/C16H10BrNO2S/c17-12-9-5-4-8-11(12)15-18-13(14(21-15)16(19)20)10-6-2-1-3-7-10/h1-9H,(H,19,20). The van der Waals surface area contributed by atoms with Crippen molar-refractivity contribution in [3.63, 3.8) is 0 Å². The van der Waals surface area contributed by atoms with Crippen LogP contribution in [0, 0.1) is 0 Å². The summed E-state index contributed by atoms with van der Waals surface area (Å²) >= 11 is 4.67. The fraction of sp³-hybridized carbons (Fsp3) is 0. The zero-order valence-electron chi connectivity index (χ0n) is 10.8. The molecule has 0 aliphatic heterocycles. The highest BCUT2D eigenvalue weighted by molar-refractivity contribution is 9.10. The van der Waals surface area contributed by atoms with Crippen LogP contribution in [0.1, 0.15) is 9.67 Å². The molecular formula is C16H10BrNO2S. The molecule has 0 unspecified atom stereocenters. The highest BCUT2D eigenvalue weighted by Crippen LogP contribution is 2.36. The van der Waals surface area contributed by atoms with Crippen LogP contribution in [0.25, 0.3) is 21.8 Å². The Morgan fingerprint density at radius 1 is 1.05 bits per heavy atom. The van der Waals surface area contributed by atoms with Crippen LogP contribution < -0.4 is 0 Å². The second kappa shape index (κ2) is 5.79. The Kier molecular flexibility index (Phi) is 3.86. The first-order valence-electron chi connectivity index (χ1n) is 6.21. The maximum Gasteiger partial charge on any atom is 0.348 e. The lowest BCUT2D eigenvalue weighted by Crippen LogP contribution is -1.95. The van der Waals surface area contributed by atoms with E-state index in [0.717, 1.165) is 15.6 Å². The Morgan fingerprint density at radius 2 is 1.71 bits per heavy atom. The van der Waals surface area contributed by atoms with Crippen molar-refractivity contribution in [3.8, 4) is 21.8 Å². The summed E-state index contributed by atoms with van der Waals surface area (Å²) in [6.07, 6.45) is 0. The number of aromatic carboxylic acids is 1. The van der Waals surface area contributed by atoms with E-state index in [1.54, 1.807) is 0 Å². The number of aromatic nitrogens is 1. The summed E-state index contributed by atoms with van der Waals surface area (Å²) in [4.78, 5) is 16.3. The predicted molar refractivity (Wildman–Crippen MR) is 87.6 cm³/mol. The van der Waals surface area contributed by atoms with E-state index in [-0.39, 0.29) is 4.88 Å². The van der Waals surface area contributed by atoms with Crippen molar-refractivity contribution >= 4 is 33.2 Å². The molecule has 104 valence electrons. The molecule has 0 spiro atoms. The van der Waals surface area contributed by atoms with Gasteiger partial charge < -0.3 is 5.11 Å². The Balaban J connectivity index is 2.18. The number of thiazole rings is 1. The van der Waals surface area contributed by atoms with Crippen LogP contribution in [0.3, 0.4) is 0 Å². The number of hydrogen-bond donors (Lipinski definition) is 1. The molecule has 0 amide bonds. The molecule has 2 aromatic carbocycles. The summed E-state index contributed by atoms with van der Waals surface area (Å²) in [5.74, 6) is -0.954. The van der Waals surface area contributed by atoms with E-state index in [1.807, 2.05) is 54.6 Å². The number of halogens is 1. The van der Waals surface area contributed by atoms with Crippen molar-refractivity contribution in [1.29, 1.82) is 0 Å². The quantitative estimate of drug-likeness (QED) is 0.720. The minimum Gasteiger partial charge on any atom is -0.477 e. The van der Waals surface area contributed by atoms with Crippen molar-refractivity contribution in [1.82, 2.24) is 4.98 Å². The molecule has 0 bridgehead atoms. The Hall–Kier alpha value is -1.98. The molecule has 21 heavy (non-hydrogen) atoms. The second-order valence-electron chi connectivity index (χ2n) is 4.35. The summed E-state index contributed by atoms with van der Waals surface area (Å²) < 4.78 is 0.898. The SMILES string of the molecule is O=C(O)c1sc(-c2ccccc2Br)nc1-c1ccccc1. The number of nitrogens with zero attached hydrogens (tertiary/aromatic N) is 1. The molecule has 0 radical (unpaired) electrons. The molecule has 0 saturated carbocycles. The second-order valence-corrected chi connectivity index (χ2v) is 6.20. The number of hydrogen-bond acceptors (Lipinski definition) is 3. The molecule has 3 aromatic rings. The lowest BCUT2D eigenvalue weighted by Gasteiger charge is -1.99. The zero-order valence-corrected chi connectivity index (χ0v) is 13.2. The number of carbonyl (C=O) groups is 1. The van der Waals surface area contributed by atoms with Crippen LogP contribution in [0.5, 0.6) is 0 Å². The fourth-order valence-electron chi connectivity index (χ4n) is 2.01. The molecule has 0 aliphatic carbocycles. The lowest BCUT2D eigenvalue weighted by molar-refractivity contribution is 0.0702. The first kappa shape index (κ1) is 14.0. The van der Waals surface area contributed by atoms with Crippen LogP contribution in [-0.2, 0) is 0 Å². The zero-order chi connectivity index (χ0) is 14.8. The summed E-state index contributed by atoms with van der Waals surface area (Å²) in [5, 5.41) is 10.1. The van der Waals surface area contributed by atoms with E-state index in [4.69, 9.17) is 0 Å². The van der Waals surface area contributed by atoms with Crippen molar-refractivity contribution in [2.45, 2.75) is 0 Å². The molecule has 0 saturated heterocycles. The highest BCUT2D eigenvalue weighted by atomic mass is 79.9. The molecule has 3 nitrogen and oxygen atoms in total. The first-order valence-corrected chi connectivity index (χ1v) is 7.82. The molecule has 1 aromatic heterocycles. The molecule has 0 aliphatic rings. The van der Waals surface area contributed by atoms with Crippen LogP contribution in [0.15, 0.2) is 59.1 Å². The summed E-state index contributed by atoms with van der Waals surface area (Å²) in [6.45, 7) is 0. The van der Waals surface area contributed by atoms with Gasteiger partial charge in [0.05, 0.1) is 5.69 Å². The molecule has 1 heterocycles. The van der Waals surface area contributed by atoms with Gasteiger partial charge in [0.25, 0.3) is 0 Å². The minimum atomic E-state index is -0.954. The molecule has 3 rings (SSSR count). The smallest absolute Gasteiger partial charge is 0.348 e. The lowest BCUT2D eigenvalue weighted by atomic mass is 10.1. The van der Waals surface area contributed by atoms with Crippen LogP contribution in [-0.4, -0.2) is 16.1 Å². The highest BCUT2D eigenvalue weighted by Gasteiger charge is 2.20. The van der Waals surface area contributed by atoms with E-state index < -0.39 is 5.97 Å². The summed E-state index contributed by atoms with van der Waals surface area (Å²) in [6, 6.07) is 17.0. The van der Waals surface area contributed by atoms with E-state index in [2.05, 4.69) is 20.9 Å². The van der Waals surface area contributed by atoms with Gasteiger partial charge in [-0.2, -0.15) is 0 Å². The third-order valence-corrected chi connectivity index (χ3v) is 4.74. The van der Waals surface area contributed by atoms with Crippen molar-refractivity contribution in [3.05, 3.63) is 63.9 Å². The number of benzene rings is 2. The normalized spacial score (nSPS) is 10.5. The largest absolute Gasteiger partial charge is 0.477 e. The van der Waals surface area contributed by atoms with Gasteiger partial charge >= 0.3 is 5.97 Å². The van der Waals surface area contributed by atoms with Gasteiger partial charge in [-0.15, -0.1) is 11.3 Å². The minimum absolute atomic E-state index is 0.256. The van der Waals surface area contributed by atoms with Gasteiger partial charge in [-0.1, -0.05) is 64.5 Å². The van der Waals surface area contributed by atoms with E-state index in [9.17, 15) is 9.90 Å². The Morgan fingerprint density at radius 3 is 2.38 bits per heavy atom. The average Bonchev–Trinajstić information content (AvgIpc) is 2.94. The van der Waals surface area contributed by atoms with Gasteiger partial charge in [0.1, 0.15) is 9.88 Å². The van der Waals surface area contributed by atoms with Crippen LogP contribution in [0.2, 0.25) is 0 Å². The van der Waals surface area contributed by atoms with Crippen molar-refractivity contribution < 1.29 is 9.90 Å². The van der Waals surface area contributed by atoms with Gasteiger partial charge in [-0.05, 0) is 6.07 Å². The third kappa shape index (κ3) is 2.75. The summed E-state index contributed by atoms with van der Waals surface area (Å²) in [5.41, 5.74) is 2.22. The Bertz CT molecular complexity index is 799. The summed E-state index contributed by atoms with van der Waals surface area (Å²) in [7, 11) is 0. The molecule has 5 heteroatoms. The van der Waals surface area contributed by atoms with Gasteiger partial charge in [0.2, 0.25) is 0 Å². The number of carboxylic acids is 1. The van der Waals surface area contributed by atoms with E-state index >= 15 is 0 Å². The van der Waals surface area contributed by atoms with Crippen LogP contribution >= 0.6 is 27.3 Å². The van der Waals surface area contributed by atoms with Gasteiger partial charge in [0, 0.05) is 15.6 Å². The monoisotopic (exact) mass is 359 g/mol. The van der Waals surface area contributed by atoms with Crippen LogP contribution in [0.4, 0.5) is 0 Å². The number of carboxylic acid groups (broad SMARTS) is 1. The topological polar surface area (TPSA) is 50.2 Å². The predicted octanol–water partition coefficient (Wildman–Crippen LogP) is 4.94. The molecule has 0 atom stereocenters. The third-order valence-electron chi connectivity index (χ3n) is 2.97. The fourth-order valence-corrected chi connectivity index (χ4v) is 3.58. The van der Waals surface area contributed by atoms with Gasteiger partial charge in [0.15, 0.2) is 0 Å².